The number of nitrogens with zero attached hydrogens (tertiary/aromatic N) is 2. The molecular weight excluding hydrogens is 325 g/mol. The SMILES string of the molecule is CCCCCC[P+](C)(CCCCCC)CCCCCC.N#CNC#N. The number of unbranched alkanes of at least 4 members (excludes halogenated alkanes) is 9. The number of nitrogens with one attached hydrogen (secondary N) is 1. The molecule has 0 heterocycles. The summed E-state index contributed by atoms with van der Waals surface area (Å²) in [4.78, 5) is 0. The van der Waals surface area contributed by atoms with Gasteiger partial charge in [0.1, 0.15) is 0 Å². The molecule has 0 aliphatic heterocycles. The van der Waals surface area contributed by atoms with Crippen molar-refractivity contribution in [2.75, 3.05) is 25.2 Å². The van der Waals surface area contributed by atoms with Crippen LogP contribution < -0.4 is 5.32 Å². The molecule has 0 atom stereocenters. The molecule has 0 unspecified atom stereocenters. The molecule has 0 rings (SSSR count). The van der Waals surface area contributed by atoms with Gasteiger partial charge in [0.15, 0.2) is 12.4 Å². The molecule has 0 saturated heterocycles. The van der Waals surface area contributed by atoms with Gasteiger partial charge in [0.05, 0.1) is 18.5 Å². The molecule has 0 saturated carbocycles. The van der Waals surface area contributed by atoms with Gasteiger partial charge >= 0.3 is 0 Å². The van der Waals surface area contributed by atoms with Crippen molar-refractivity contribution in [3.05, 3.63) is 0 Å². The van der Waals surface area contributed by atoms with Gasteiger partial charge < -0.3 is 0 Å². The summed E-state index contributed by atoms with van der Waals surface area (Å²) in [5.74, 6) is 0. The highest BCUT2D eigenvalue weighted by atomic mass is 31.2. The van der Waals surface area contributed by atoms with Gasteiger partial charge in [0, 0.05) is 13.9 Å². The summed E-state index contributed by atoms with van der Waals surface area (Å²) in [6.45, 7) is 9.66. The van der Waals surface area contributed by atoms with Crippen LogP contribution in [-0.4, -0.2) is 25.2 Å². The largest absolute Gasteiger partial charge is 0.229 e. The normalized spacial score (nSPS) is 10.3. The van der Waals surface area contributed by atoms with E-state index in [0.717, 1.165) is 0 Å². The lowest BCUT2D eigenvalue weighted by Crippen LogP contribution is -2.07. The van der Waals surface area contributed by atoms with Crippen molar-refractivity contribution in [2.24, 2.45) is 0 Å². The molecule has 0 aliphatic carbocycles. The van der Waals surface area contributed by atoms with E-state index < -0.39 is 7.26 Å². The Hall–Kier alpha value is -0.790. The predicted octanol–water partition coefficient (Wildman–Crippen LogP) is 6.91. The number of hydrogen-bond donors (Lipinski definition) is 1. The fraction of sp³-hybridized carbons (Fsp3) is 0.905. The molecule has 0 amide bonds. The van der Waals surface area contributed by atoms with Crippen LogP contribution in [0, 0.1) is 22.9 Å². The van der Waals surface area contributed by atoms with Crippen molar-refractivity contribution in [3.8, 4) is 12.4 Å². The Morgan fingerprint density at radius 1 is 0.600 bits per heavy atom. The molecule has 146 valence electrons. The monoisotopic (exact) mass is 368 g/mol. The maximum Gasteiger partial charge on any atom is 0.190 e. The minimum absolute atomic E-state index is 0.590. The summed E-state index contributed by atoms with van der Waals surface area (Å²) in [6.07, 6.45) is 25.0. The van der Waals surface area contributed by atoms with Gasteiger partial charge in [-0.15, -0.1) is 0 Å². The second kappa shape index (κ2) is 21.3. The third-order valence-electron chi connectivity index (χ3n) is 4.77. The molecule has 0 spiro atoms. The van der Waals surface area contributed by atoms with E-state index in [1.165, 1.54) is 89.4 Å². The fourth-order valence-corrected chi connectivity index (χ4v) is 6.75. The zero-order valence-electron chi connectivity index (χ0n) is 17.4. The van der Waals surface area contributed by atoms with Crippen LogP contribution in [0.2, 0.25) is 0 Å². The Labute approximate surface area is 158 Å². The Bertz CT molecular complexity index is 301. The summed E-state index contributed by atoms with van der Waals surface area (Å²) in [5.41, 5.74) is 0. The molecule has 0 aromatic heterocycles. The van der Waals surface area contributed by atoms with Crippen molar-refractivity contribution in [1.29, 1.82) is 10.5 Å². The fourth-order valence-electron chi connectivity index (χ4n) is 3.12. The minimum atomic E-state index is -0.590. The molecule has 0 fully saturated rings. The third kappa shape index (κ3) is 21.2. The molecule has 4 heteroatoms. The van der Waals surface area contributed by atoms with Crippen molar-refractivity contribution >= 4 is 7.26 Å². The van der Waals surface area contributed by atoms with E-state index in [-0.39, 0.29) is 0 Å². The highest BCUT2D eigenvalue weighted by molar-refractivity contribution is 7.75. The van der Waals surface area contributed by atoms with E-state index >= 15 is 0 Å². The second-order valence-electron chi connectivity index (χ2n) is 7.32. The van der Waals surface area contributed by atoms with E-state index in [1.807, 2.05) is 0 Å². The van der Waals surface area contributed by atoms with Gasteiger partial charge in [-0.25, -0.2) is 5.32 Å². The van der Waals surface area contributed by atoms with Crippen LogP contribution >= 0.6 is 7.26 Å². The Morgan fingerprint density at radius 3 is 1.12 bits per heavy atom. The highest BCUT2D eigenvalue weighted by Crippen LogP contribution is 2.57. The topological polar surface area (TPSA) is 59.6 Å². The Balaban J connectivity index is 0. The van der Waals surface area contributed by atoms with Gasteiger partial charge in [-0.05, 0) is 38.5 Å². The maximum absolute atomic E-state index is 7.48. The third-order valence-corrected chi connectivity index (χ3v) is 8.95. The van der Waals surface area contributed by atoms with Crippen LogP contribution in [0.4, 0.5) is 0 Å². The first-order valence-corrected chi connectivity index (χ1v) is 13.3. The van der Waals surface area contributed by atoms with E-state index in [4.69, 9.17) is 10.5 Å². The van der Waals surface area contributed by atoms with Crippen molar-refractivity contribution < 1.29 is 0 Å². The molecule has 0 radical (unpaired) electrons. The maximum atomic E-state index is 7.48. The van der Waals surface area contributed by atoms with E-state index in [1.54, 1.807) is 23.8 Å². The van der Waals surface area contributed by atoms with Crippen LogP contribution in [0.15, 0.2) is 0 Å². The summed E-state index contributed by atoms with van der Waals surface area (Å²) in [7, 11) is -0.590. The van der Waals surface area contributed by atoms with Crippen LogP contribution in [0.5, 0.6) is 0 Å². The van der Waals surface area contributed by atoms with Gasteiger partial charge in [0.25, 0.3) is 0 Å². The molecule has 1 N–H and O–H groups in total. The van der Waals surface area contributed by atoms with Gasteiger partial charge in [-0.1, -0.05) is 59.3 Å². The molecule has 25 heavy (non-hydrogen) atoms. The summed E-state index contributed by atoms with van der Waals surface area (Å²) in [5, 5.41) is 16.7. The van der Waals surface area contributed by atoms with E-state index in [2.05, 4.69) is 27.4 Å². The number of nitriles is 2. The molecule has 0 aliphatic rings. The van der Waals surface area contributed by atoms with Gasteiger partial charge in [-0.3, -0.25) is 0 Å². The number of rotatable bonds is 15. The van der Waals surface area contributed by atoms with Crippen LogP contribution in [0.3, 0.4) is 0 Å². The Morgan fingerprint density at radius 2 is 0.920 bits per heavy atom. The van der Waals surface area contributed by atoms with Crippen LogP contribution in [0.25, 0.3) is 0 Å². The summed E-state index contributed by atoms with van der Waals surface area (Å²) in [6, 6.07) is 0. The molecule has 3 nitrogen and oxygen atoms in total. The lowest BCUT2D eigenvalue weighted by Gasteiger charge is -2.23. The van der Waals surface area contributed by atoms with Crippen molar-refractivity contribution in [2.45, 2.75) is 97.8 Å². The number of hydrogen-bond acceptors (Lipinski definition) is 3. The average Bonchev–Trinajstić information content (AvgIpc) is 2.61. The van der Waals surface area contributed by atoms with Crippen LogP contribution in [0.1, 0.15) is 97.8 Å². The second-order valence-corrected chi connectivity index (χ2v) is 11.9. The summed E-state index contributed by atoms with van der Waals surface area (Å²) < 4.78 is 0. The smallest absolute Gasteiger partial charge is 0.190 e. The zero-order valence-corrected chi connectivity index (χ0v) is 18.3. The first-order chi connectivity index (χ1) is 12.1. The lowest BCUT2D eigenvalue weighted by atomic mass is 10.2. The summed E-state index contributed by atoms with van der Waals surface area (Å²) >= 11 is 0. The van der Waals surface area contributed by atoms with Gasteiger partial charge in [0.2, 0.25) is 0 Å². The van der Waals surface area contributed by atoms with Crippen LogP contribution in [-0.2, 0) is 0 Å². The average molecular weight is 369 g/mol. The first-order valence-electron chi connectivity index (χ1n) is 10.5. The van der Waals surface area contributed by atoms with Crippen molar-refractivity contribution in [3.63, 3.8) is 0 Å². The molecule has 0 bridgehead atoms. The van der Waals surface area contributed by atoms with E-state index in [0.29, 0.717) is 0 Å². The predicted molar refractivity (Wildman–Crippen MR) is 114 cm³/mol. The lowest BCUT2D eigenvalue weighted by molar-refractivity contribution is 0.684. The van der Waals surface area contributed by atoms with Crippen molar-refractivity contribution in [1.82, 2.24) is 5.32 Å². The molecular formula is C21H43N3P+. The molecule has 0 aromatic carbocycles. The van der Waals surface area contributed by atoms with Gasteiger partial charge in [-0.2, -0.15) is 10.5 Å². The quantitative estimate of drug-likeness (QED) is 0.148. The zero-order chi connectivity index (χ0) is 19.2. The van der Waals surface area contributed by atoms with E-state index in [9.17, 15) is 0 Å². The highest BCUT2D eigenvalue weighted by Gasteiger charge is 2.29. The Kier molecular flexibility index (Phi) is 22.5. The first kappa shape index (κ1) is 26.4. The standard InChI is InChI=1S/C19H42P.C2HN3/c1-5-8-11-14-17-20(4,18-15-12-9-6-2)19-16-13-10-7-3;3-1-5-2-4/h5-19H2,1-4H3;5H/q+1;. The minimum Gasteiger partial charge on any atom is -0.229 e. The molecule has 0 aromatic rings.